The van der Waals surface area contributed by atoms with Crippen molar-refractivity contribution in [2.75, 3.05) is 4.90 Å². The van der Waals surface area contributed by atoms with Gasteiger partial charge in [0.2, 0.25) is 0 Å². The number of rotatable bonds is 5. The summed E-state index contributed by atoms with van der Waals surface area (Å²) in [5, 5.41) is 12.7. The van der Waals surface area contributed by atoms with E-state index in [2.05, 4.69) is 4.99 Å². The maximum Gasteiger partial charge on any atom is 0.271 e. The minimum absolute atomic E-state index is 0.120. The number of non-ortho nitro benzene ring substituents is 1. The van der Waals surface area contributed by atoms with Crippen LogP contribution in [0.4, 0.5) is 17.1 Å². The topological polar surface area (TPSA) is 88.9 Å². The van der Waals surface area contributed by atoms with Crippen LogP contribution < -0.4 is 4.90 Å². The van der Waals surface area contributed by atoms with Crippen LogP contribution >= 0.6 is 46.6 Å². The van der Waals surface area contributed by atoms with Crippen molar-refractivity contribution in [2.45, 2.75) is 0 Å². The molecule has 7 nitrogen and oxygen atoms in total. The molecule has 0 radical (unpaired) electrons. The highest BCUT2D eigenvalue weighted by molar-refractivity contribution is 8.19. The van der Waals surface area contributed by atoms with Crippen LogP contribution in [0.2, 0.25) is 15.1 Å². The van der Waals surface area contributed by atoms with Crippen molar-refractivity contribution in [3.8, 4) is 11.3 Å². The Morgan fingerprint density at radius 2 is 1.59 bits per heavy atom. The fourth-order valence-electron chi connectivity index (χ4n) is 3.51. The predicted molar refractivity (Wildman–Crippen MR) is 149 cm³/mol. The van der Waals surface area contributed by atoms with Gasteiger partial charge in [0.15, 0.2) is 5.17 Å². The third-order valence-corrected chi connectivity index (χ3v) is 7.06. The van der Waals surface area contributed by atoms with Crippen LogP contribution in [0.25, 0.3) is 17.4 Å². The van der Waals surface area contributed by atoms with E-state index in [0.717, 1.165) is 0 Å². The molecule has 0 atom stereocenters. The van der Waals surface area contributed by atoms with E-state index in [9.17, 15) is 14.9 Å². The number of aliphatic imine (C=N–C) groups is 1. The Kier molecular flexibility index (Phi) is 7.08. The van der Waals surface area contributed by atoms with Crippen LogP contribution in [0, 0.1) is 10.1 Å². The molecule has 1 aliphatic heterocycles. The Labute approximate surface area is 230 Å². The largest absolute Gasteiger partial charge is 0.457 e. The Bertz CT molecular complexity index is 1580. The van der Waals surface area contributed by atoms with Gasteiger partial charge in [0.05, 0.1) is 26.2 Å². The highest BCUT2D eigenvalue weighted by Crippen LogP contribution is 2.39. The molecule has 4 aromatic rings. The van der Waals surface area contributed by atoms with Gasteiger partial charge in [0.1, 0.15) is 11.5 Å². The molecule has 2 heterocycles. The molecule has 0 spiro atoms. The van der Waals surface area contributed by atoms with Crippen molar-refractivity contribution in [2.24, 2.45) is 4.99 Å². The molecule has 5 rings (SSSR count). The number of furan rings is 1. The molecule has 184 valence electrons. The number of hydrogen-bond donors (Lipinski definition) is 0. The standard InChI is InChI=1S/C26H14Cl3N3O4S/c27-15-1-5-17(6-2-15)30-26-31(18-7-3-16(28)4-8-18)25(33)24(37-26)14-20-10-12-23(36-20)21-11-9-19(32(34)35)13-22(21)29/h1-14H/b24-14+,30-26?. The second kappa shape index (κ2) is 10.4. The van der Waals surface area contributed by atoms with Gasteiger partial charge in [0.25, 0.3) is 11.6 Å². The first-order chi connectivity index (χ1) is 17.8. The number of anilines is 1. The number of hydrogen-bond acceptors (Lipinski definition) is 6. The third-order valence-electron chi connectivity index (χ3n) is 5.27. The van der Waals surface area contributed by atoms with Gasteiger partial charge in [-0.3, -0.25) is 19.8 Å². The van der Waals surface area contributed by atoms with Crippen LogP contribution in [-0.4, -0.2) is 16.0 Å². The highest BCUT2D eigenvalue weighted by atomic mass is 35.5. The number of amides is 1. The van der Waals surface area contributed by atoms with Crippen LogP contribution in [-0.2, 0) is 4.79 Å². The summed E-state index contributed by atoms with van der Waals surface area (Å²) in [5.74, 6) is 0.530. The van der Waals surface area contributed by atoms with E-state index in [1.54, 1.807) is 66.7 Å². The number of benzene rings is 3. The highest BCUT2D eigenvalue weighted by Gasteiger charge is 2.35. The fourth-order valence-corrected chi connectivity index (χ4v) is 5.02. The second-order valence-corrected chi connectivity index (χ2v) is 10.0. The Morgan fingerprint density at radius 3 is 2.24 bits per heavy atom. The first-order valence-electron chi connectivity index (χ1n) is 10.7. The quantitative estimate of drug-likeness (QED) is 0.136. The Balaban J connectivity index is 1.49. The van der Waals surface area contributed by atoms with E-state index in [1.165, 1.54) is 34.9 Å². The summed E-state index contributed by atoms with van der Waals surface area (Å²) in [7, 11) is 0. The molecule has 0 N–H and O–H groups in total. The Hall–Kier alpha value is -3.56. The molecule has 0 unspecified atom stereocenters. The van der Waals surface area contributed by atoms with E-state index >= 15 is 0 Å². The van der Waals surface area contributed by atoms with Crippen molar-refractivity contribution in [1.29, 1.82) is 0 Å². The summed E-state index contributed by atoms with van der Waals surface area (Å²) in [6, 6.07) is 21.3. The lowest BCUT2D eigenvalue weighted by Gasteiger charge is -2.15. The lowest BCUT2D eigenvalue weighted by Crippen LogP contribution is -2.28. The normalized spacial score (nSPS) is 15.6. The van der Waals surface area contributed by atoms with Gasteiger partial charge in [-0.05, 0) is 78.5 Å². The first kappa shape index (κ1) is 25.1. The number of nitro groups is 1. The molecule has 1 saturated heterocycles. The van der Waals surface area contributed by atoms with Crippen molar-refractivity contribution in [3.63, 3.8) is 0 Å². The van der Waals surface area contributed by atoms with Crippen molar-refractivity contribution < 1.29 is 14.1 Å². The lowest BCUT2D eigenvalue weighted by molar-refractivity contribution is -0.384. The maximum absolute atomic E-state index is 13.5. The minimum atomic E-state index is -0.522. The molecular formula is C26H14Cl3N3O4S. The van der Waals surface area contributed by atoms with Crippen LogP contribution in [0.5, 0.6) is 0 Å². The van der Waals surface area contributed by atoms with E-state index < -0.39 is 4.92 Å². The van der Waals surface area contributed by atoms with Gasteiger partial charge in [-0.2, -0.15) is 0 Å². The molecule has 0 aliphatic carbocycles. The summed E-state index contributed by atoms with van der Waals surface area (Å²) in [5.41, 5.74) is 1.62. The van der Waals surface area contributed by atoms with Gasteiger partial charge in [-0.1, -0.05) is 34.8 Å². The summed E-state index contributed by atoms with van der Waals surface area (Å²) in [6.45, 7) is 0. The summed E-state index contributed by atoms with van der Waals surface area (Å²) < 4.78 is 5.90. The molecule has 1 fully saturated rings. The molecule has 0 bridgehead atoms. The molecule has 3 aromatic carbocycles. The Morgan fingerprint density at radius 1 is 0.919 bits per heavy atom. The monoisotopic (exact) mass is 569 g/mol. The molecule has 1 aliphatic rings. The maximum atomic E-state index is 13.5. The molecular weight excluding hydrogens is 557 g/mol. The summed E-state index contributed by atoms with van der Waals surface area (Å²) >= 11 is 19.5. The average molecular weight is 571 g/mol. The summed E-state index contributed by atoms with van der Waals surface area (Å²) in [4.78, 5) is 30.5. The molecule has 11 heteroatoms. The lowest BCUT2D eigenvalue weighted by atomic mass is 10.1. The van der Waals surface area contributed by atoms with Crippen molar-refractivity contribution in [1.82, 2.24) is 0 Å². The van der Waals surface area contributed by atoms with Crippen LogP contribution in [0.3, 0.4) is 0 Å². The zero-order chi connectivity index (χ0) is 26.1. The predicted octanol–water partition coefficient (Wildman–Crippen LogP) is 8.62. The van der Waals surface area contributed by atoms with Gasteiger partial charge in [-0.15, -0.1) is 0 Å². The average Bonchev–Trinajstić information content (AvgIpc) is 3.45. The van der Waals surface area contributed by atoms with E-state index in [1.807, 2.05) is 0 Å². The van der Waals surface area contributed by atoms with E-state index in [4.69, 9.17) is 39.2 Å². The first-order valence-corrected chi connectivity index (χ1v) is 12.6. The number of carbonyl (C=O) groups is 1. The zero-order valence-electron chi connectivity index (χ0n) is 18.6. The minimum Gasteiger partial charge on any atom is -0.457 e. The molecule has 37 heavy (non-hydrogen) atoms. The van der Waals surface area contributed by atoms with Crippen LogP contribution in [0.1, 0.15) is 5.76 Å². The third kappa shape index (κ3) is 5.42. The number of carbonyl (C=O) groups excluding carboxylic acids is 1. The van der Waals surface area contributed by atoms with Gasteiger partial charge in [-0.25, -0.2) is 4.99 Å². The smallest absolute Gasteiger partial charge is 0.271 e. The number of halogens is 3. The van der Waals surface area contributed by atoms with Gasteiger partial charge >= 0.3 is 0 Å². The van der Waals surface area contributed by atoms with Crippen LogP contribution in [0.15, 0.2) is 93.2 Å². The van der Waals surface area contributed by atoms with Gasteiger partial charge < -0.3 is 4.42 Å². The number of amidine groups is 1. The molecule has 1 aromatic heterocycles. The van der Waals surface area contributed by atoms with E-state index in [0.29, 0.717) is 48.6 Å². The van der Waals surface area contributed by atoms with E-state index in [-0.39, 0.29) is 16.6 Å². The number of nitro benzene ring substituents is 1. The number of thioether (sulfide) groups is 1. The zero-order valence-corrected chi connectivity index (χ0v) is 21.7. The van der Waals surface area contributed by atoms with Crippen molar-refractivity contribution >= 4 is 80.8 Å². The SMILES string of the molecule is O=C1/C(=C\c2ccc(-c3ccc([N+](=O)[O-])cc3Cl)o2)SC(=Nc2ccc(Cl)cc2)N1c1ccc(Cl)cc1. The summed E-state index contributed by atoms with van der Waals surface area (Å²) in [6.07, 6.45) is 1.61. The molecule has 0 saturated carbocycles. The fraction of sp³-hybridized carbons (Fsp3) is 0. The molecule has 1 amide bonds. The van der Waals surface area contributed by atoms with Crippen molar-refractivity contribution in [3.05, 3.63) is 115 Å². The number of nitrogens with zero attached hydrogens (tertiary/aromatic N) is 3. The second-order valence-electron chi connectivity index (χ2n) is 7.72. The van der Waals surface area contributed by atoms with Gasteiger partial charge in [0, 0.05) is 33.8 Å².